The SMILES string of the molecule is C1=Cc2cc3c(cc2N(c2ccccc2)c2ccccc21)c1ccccc1n3-c1cccc(-c2nc3ccccc3o2)c1. The van der Waals surface area contributed by atoms with Crippen molar-refractivity contribution in [1.29, 1.82) is 0 Å². The monoisotopic (exact) mass is 551 g/mol. The number of nitrogens with zero attached hydrogens (tertiary/aromatic N) is 3. The number of anilines is 3. The molecule has 1 aliphatic heterocycles. The van der Waals surface area contributed by atoms with E-state index in [1.165, 1.54) is 16.3 Å². The Morgan fingerprint density at radius 3 is 2.21 bits per heavy atom. The number of oxazole rings is 1. The van der Waals surface area contributed by atoms with Gasteiger partial charge in [-0.05, 0) is 72.3 Å². The van der Waals surface area contributed by atoms with Crippen molar-refractivity contribution < 1.29 is 4.42 Å². The summed E-state index contributed by atoms with van der Waals surface area (Å²) in [5, 5.41) is 2.41. The average molecular weight is 552 g/mol. The van der Waals surface area contributed by atoms with Crippen LogP contribution in [0.5, 0.6) is 0 Å². The van der Waals surface area contributed by atoms with Gasteiger partial charge in [-0.25, -0.2) is 4.98 Å². The van der Waals surface area contributed by atoms with Crippen molar-refractivity contribution in [3.63, 3.8) is 0 Å². The highest BCUT2D eigenvalue weighted by molar-refractivity contribution is 6.12. The summed E-state index contributed by atoms with van der Waals surface area (Å²) in [6, 6.07) is 48.9. The fourth-order valence-electron chi connectivity index (χ4n) is 6.40. The van der Waals surface area contributed by atoms with Gasteiger partial charge in [0.05, 0.1) is 22.4 Å². The van der Waals surface area contributed by atoms with Crippen LogP contribution in [-0.2, 0) is 0 Å². The van der Waals surface area contributed by atoms with E-state index < -0.39 is 0 Å². The van der Waals surface area contributed by atoms with E-state index in [-0.39, 0.29) is 0 Å². The molecule has 8 aromatic rings. The van der Waals surface area contributed by atoms with E-state index in [0.29, 0.717) is 5.89 Å². The third-order valence-corrected chi connectivity index (χ3v) is 8.34. The standard InChI is InChI=1S/C39H25N3O/c1-2-13-29(14-3-1)41-34-18-7-4-11-26(34)21-22-27-24-37-32(25-36(27)41)31-16-5-8-19-35(31)42(37)30-15-10-12-28(23-30)39-40-33-17-6-9-20-38(33)43-39/h1-25H. The summed E-state index contributed by atoms with van der Waals surface area (Å²) in [4.78, 5) is 7.14. The molecule has 0 bridgehead atoms. The Morgan fingerprint density at radius 2 is 1.28 bits per heavy atom. The zero-order valence-corrected chi connectivity index (χ0v) is 23.2. The Kier molecular flexibility index (Phi) is 5.16. The van der Waals surface area contributed by atoms with Gasteiger partial charge in [-0.2, -0.15) is 0 Å². The van der Waals surface area contributed by atoms with Crippen LogP contribution in [0.4, 0.5) is 17.1 Å². The number of hydrogen-bond acceptors (Lipinski definition) is 3. The minimum absolute atomic E-state index is 0.622. The van der Waals surface area contributed by atoms with Crippen molar-refractivity contribution in [1.82, 2.24) is 9.55 Å². The summed E-state index contributed by atoms with van der Waals surface area (Å²) in [7, 11) is 0. The summed E-state index contributed by atoms with van der Waals surface area (Å²) in [5.41, 5.74) is 11.8. The minimum Gasteiger partial charge on any atom is -0.436 e. The third-order valence-electron chi connectivity index (χ3n) is 8.34. The molecule has 43 heavy (non-hydrogen) atoms. The van der Waals surface area contributed by atoms with E-state index in [2.05, 4.69) is 137 Å². The van der Waals surface area contributed by atoms with Crippen molar-refractivity contribution in [2.75, 3.05) is 4.90 Å². The van der Waals surface area contributed by atoms with Crippen LogP contribution in [0, 0.1) is 0 Å². The van der Waals surface area contributed by atoms with Crippen LogP contribution in [0.3, 0.4) is 0 Å². The van der Waals surface area contributed by atoms with Gasteiger partial charge in [0.25, 0.3) is 0 Å². The predicted octanol–water partition coefficient (Wildman–Crippen LogP) is 10.5. The van der Waals surface area contributed by atoms with Crippen molar-refractivity contribution in [2.24, 2.45) is 0 Å². The Bertz CT molecular complexity index is 2330. The molecule has 0 saturated heterocycles. The number of aromatic nitrogens is 2. The van der Waals surface area contributed by atoms with Crippen LogP contribution < -0.4 is 4.90 Å². The summed E-state index contributed by atoms with van der Waals surface area (Å²) in [5.74, 6) is 0.622. The molecule has 0 aliphatic carbocycles. The Morgan fingerprint density at radius 1 is 0.512 bits per heavy atom. The van der Waals surface area contributed by atoms with Gasteiger partial charge in [0.1, 0.15) is 5.52 Å². The molecule has 0 N–H and O–H groups in total. The zero-order valence-electron chi connectivity index (χ0n) is 23.2. The molecule has 0 amide bonds. The van der Waals surface area contributed by atoms with Gasteiger partial charge in [-0.15, -0.1) is 0 Å². The van der Waals surface area contributed by atoms with Gasteiger partial charge in [-0.1, -0.05) is 84.9 Å². The molecule has 3 heterocycles. The molecule has 0 fully saturated rings. The van der Waals surface area contributed by atoms with Gasteiger partial charge in [0, 0.05) is 33.3 Å². The topological polar surface area (TPSA) is 34.2 Å². The first-order chi connectivity index (χ1) is 21.3. The number of rotatable bonds is 3. The molecule has 0 radical (unpaired) electrons. The van der Waals surface area contributed by atoms with E-state index in [4.69, 9.17) is 9.40 Å². The van der Waals surface area contributed by atoms with E-state index in [1.807, 2.05) is 24.3 Å². The molecule has 0 unspecified atom stereocenters. The molecule has 2 aromatic heterocycles. The zero-order chi connectivity index (χ0) is 28.3. The number of benzene rings is 6. The minimum atomic E-state index is 0.622. The van der Waals surface area contributed by atoms with Crippen molar-refractivity contribution in [3.8, 4) is 17.1 Å². The molecule has 6 aromatic carbocycles. The highest BCUT2D eigenvalue weighted by Gasteiger charge is 2.23. The van der Waals surface area contributed by atoms with Gasteiger partial charge in [0.15, 0.2) is 5.58 Å². The molecular formula is C39H25N3O. The van der Waals surface area contributed by atoms with Crippen molar-refractivity contribution in [3.05, 3.63) is 151 Å². The van der Waals surface area contributed by atoms with Gasteiger partial charge < -0.3 is 13.9 Å². The fraction of sp³-hybridized carbons (Fsp3) is 0. The van der Waals surface area contributed by atoms with E-state index in [0.717, 1.165) is 56.0 Å². The Labute approximate surface area is 248 Å². The largest absolute Gasteiger partial charge is 0.436 e. The van der Waals surface area contributed by atoms with Crippen LogP contribution in [0.25, 0.3) is 62.2 Å². The molecule has 4 heteroatoms. The predicted molar refractivity (Wildman–Crippen MR) is 177 cm³/mol. The molecule has 1 aliphatic rings. The lowest BCUT2D eigenvalue weighted by atomic mass is 10.1. The second-order valence-electron chi connectivity index (χ2n) is 10.9. The number of para-hydroxylation sites is 5. The van der Waals surface area contributed by atoms with Crippen LogP contribution in [0.2, 0.25) is 0 Å². The Balaban J connectivity index is 1.30. The molecule has 202 valence electrons. The van der Waals surface area contributed by atoms with Gasteiger partial charge >= 0.3 is 0 Å². The summed E-state index contributed by atoms with van der Waals surface area (Å²) in [6.45, 7) is 0. The fourth-order valence-corrected chi connectivity index (χ4v) is 6.40. The first-order valence-electron chi connectivity index (χ1n) is 14.5. The molecule has 4 nitrogen and oxygen atoms in total. The summed E-state index contributed by atoms with van der Waals surface area (Å²) < 4.78 is 8.50. The van der Waals surface area contributed by atoms with Gasteiger partial charge in [-0.3, -0.25) is 0 Å². The summed E-state index contributed by atoms with van der Waals surface area (Å²) >= 11 is 0. The van der Waals surface area contributed by atoms with Crippen molar-refractivity contribution >= 4 is 62.1 Å². The van der Waals surface area contributed by atoms with E-state index >= 15 is 0 Å². The first kappa shape index (κ1) is 23.8. The molecule has 0 spiro atoms. The molecular weight excluding hydrogens is 526 g/mol. The van der Waals surface area contributed by atoms with E-state index in [1.54, 1.807) is 0 Å². The maximum atomic E-state index is 6.14. The quantitative estimate of drug-likeness (QED) is 0.219. The lowest BCUT2D eigenvalue weighted by molar-refractivity contribution is 0.620. The molecule has 9 rings (SSSR count). The van der Waals surface area contributed by atoms with Crippen LogP contribution in [0.1, 0.15) is 11.1 Å². The van der Waals surface area contributed by atoms with Crippen LogP contribution >= 0.6 is 0 Å². The maximum Gasteiger partial charge on any atom is 0.227 e. The second kappa shape index (κ2) is 9.33. The second-order valence-corrected chi connectivity index (χ2v) is 10.9. The normalized spacial score (nSPS) is 12.5. The van der Waals surface area contributed by atoms with Crippen LogP contribution in [0.15, 0.2) is 144 Å². The Hall–Kier alpha value is -5.87. The lowest BCUT2D eigenvalue weighted by Crippen LogP contribution is -2.11. The average Bonchev–Trinajstić information content (AvgIpc) is 3.59. The highest BCUT2D eigenvalue weighted by atomic mass is 16.3. The third kappa shape index (κ3) is 3.74. The number of hydrogen-bond donors (Lipinski definition) is 0. The number of fused-ring (bicyclic) bond motifs is 6. The molecule has 0 atom stereocenters. The van der Waals surface area contributed by atoms with Gasteiger partial charge in [0.2, 0.25) is 5.89 Å². The lowest BCUT2D eigenvalue weighted by Gasteiger charge is -2.27. The van der Waals surface area contributed by atoms with E-state index in [9.17, 15) is 0 Å². The van der Waals surface area contributed by atoms with Crippen molar-refractivity contribution in [2.45, 2.75) is 0 Å². The smallest absolute Gasteiger partial charge is 0.227 e. The van der Waals surface area contributed by atoms with Crippen LogP contribution in [-0.4, -0.2) is 9.55 Å². The highest BCUT2D eigenvalue weighted by Crippen LogP contribution is 2.45. The molecule has 0 saturated carbocycles. The maximum absolute atomic E-state index is 6.14. The summed E-state index contributed by atoms with van der Waals surface area (Å²) in [6.07, 6.45) is 4.47. The first-order valence-corrected chi connectivity index (χ1v) is 14.5.